The molecule has 2 aromatic carbocycles. The lowest BCUT2D eigenvalue weighted by Gasteiger charge is -2.03. The van der Waals surface area contributed by atoms with Crippen LogP contribution in [0, 0.1) is 14.9 Å². The number of rotatable bonds is 4. The molecule has 1 N–H and O–H groups in total. The van der Waals surface area contributed by atoms with Crippen LogP contribution in [-0.4, -0.2) is 26.0 Å². The zero-order valence-corrected chi connectivity index (χ0v) is 14.5. The van der Waals surface area contributed by atoms with Crippen molar-refractivity contribution in [1.82, 2.24) is 14.9 Å². The van der Waals surface area contributed by atoms with Gasteiger partial charge in [-0.3, -0.25) is 10.1 Å². The van der Waals surface area contributed by atoms with Gasteiger partial charge in [-0.15, -0.1) is 0 Å². The molecule has 0 aliphatic rings. The Morgan fingerprint density at radius 3 is 2.83 bits per heavy atom. The van der Waals surface area contributed by atoms with Crippen LogP contribution in [0.5, 0.6) is 0 Å². The van der Waals surface area contributed by atoms with E-state index in [4.69, 9.17) is 12.2 Å². The first kappa shape index (κ1) is 16.2. The predicted octanol–water partition coefficient (Wildman–Crippen LogP) is 4.16. The number of benzene rings is 2. The number of nitrogens with one attached hydrogen (secondary N) is 1. The number of hydrogen-bond acceptors (Lipinski definition) is 5. The van der Waals surface area contributed by atoms with Crippen molar-refractivity contribution in [2.24, 2.45) is 5.10 Å². The van der Waals surface area contributed by atoms with E-state index in [1.807, 2.05) is 24.3 Å². The Bertz CT molecular complexity index is 995. The van der Waals surface area contributed by atoms with Gasteiger partial charge >= 0.3 is 0 Å². The average molecular weight is 404 g/mol. The van der Waals surface area contributed by atoms with Gasteiger partial charge in [0.15, 0.2) is 5.82 Å². The number of non-ortho nitro benzene ring substituents is 1. The van der Waals surface area contributed by atoms with E-state index < -0.39 is 4.92 Å². The molecule has 3 aromatic rings. The molecular formula is C15H10BrN5O2S. The predicted molar refractivity (Wildman–Crippen MR) is 96.6 cm³/mol. The third kappa shape index (κ3) is 3.31. The third-order valence-electron chi connectivity index (χ3n) is 3.17. The second-order valence-corrected chi connectivity index (χ2v) is 5.98. The fourth-order valence-electron chi connectivity index (χ4n) is 2.06. The van der Waals surface area contributed by atoms with Gasteiger partial charge in [-0.1, -0.05) is 40.2 Å². The Kier molecular flexibility index (Phi) is 4.63. The van der Waals surface area contributed by atoms with Crippen molar-refractivity contribution in [2.45, 2.75) is 0 Å². The SMILES string of the molecule is O=[N+]([O-])c1cccc(/C=N\n2c(-c3ccccc3Br)n[nH]c2=S)c1. The van der Waals surface area contributed by atoms with Gasteiger partial charge in [0.05, 0.1) is 11.1 Å². The largest absolute Gasteiger partial charge is 0.270 e. The molecule has 3 rings (SSSR count). The molecule has 0 amide bonds. The van der Waals surface area contributed by atoms with Crippen LogP contribution >= 0.6 is 28.1 Å². The first-order valence-electron chi connectivity index (χ1n) is 6.77. The summed E-state index contributed by atoms with van der Waals surface area (Å²) in [6.07, 6.45) is 1.50. The van der Waals surface area contributed by atoms with Crippen LogP contribution in [0.15, 0.2) is 58.1 Å². The Morgan fingerprint density at radius 1 is 1.29 bits per heavy atom. The second kappa shape index (κ2) is 6.85. The molecule has 0 atom stereocenters. The van der Waals surface area contributed by atoms with E-state index in [1.165, 1.54) is 23.0 Å². The molecular weight excluding hydrogens is 394 g/mol. The minimum absolute atomic E-state index is 0.000711. The summed E-state index contributed by atoms with van der Waals surface area (Å²) in [5, 5.41) is 22.0. The standard InChI is InChI=1S/C15H10BrN5O2S/c16-13-7-2-1-6-12(13)14-18-19-15(24)20(14)17-9-10-4-3-5-11(8-10)21(22)23/h1-9H,(H,19,24)/b17-9-. The first-order valence-corrected chi connectivity index (χ1v) is 7.97. The Balaban J connectivity index is 2.01. The molecule has 120 valence electrons. The minimum atomic E-state index is -0.451. The van der Waals surface area contributed by atoms with Crippen molar-refractivity contribution < 1.29 is 4.92 Å². The van der Waals surface area contributed by atoms with Crippen LogP contribution in [0.3, 0.4) is 0 Å². The lowest BCUT2D eigenvalue weighted by molar-refractivity contribution is -0.384. The Hall–Kier alpha value is -2.65. The van der Waals surface area contributed by atoms with Crippen molar-refractivity contribution >= 4 is 40.0 Å². The van der Waals surface area contributed by atoms with E-state index in [2.05, 4.69) is 31.2 Å². The summed E-state index contributed by atoms with van der Waals surface area (Å²) in [7, 11) is 0. The van der Waals surface area contributed by atoms with Crippen LogP contribution < -0.4 is 0 Å². The van der Waals surface area contributed by atoms with Crippen molar-refractivity contribution in [2.75, 3.05) is 0 Å². The van der Waals surface area contributed by atoms with Gasteiger partial charge in [0, 0.05) is 27.7 Å². The van der Waals surface area contributed by atoms with E-state index in [0.717, 1.165) is 10.0 Å². The van der Waals surface area contributed by atoms with Crippen LogP contribution in [0.25, 0.3) is 11.4 Å². The number of nitrogens with zero attached hydrogens (tertiary/aromatic N) is 4. The van der Waals surface area contributed by atoms with Crippen molar-refractivity contribution in [3.63, 3.8) is 0 Å². The van der Waals surface area contributed by atoms with Crippen molar-refractivity contribution in [3.05, 3.63) is 73.5 Å². The van der Waals surface area contributed by atoms with Gasteiger partial charge in [-0.25, -0.2) is 5.10 Å². The van der Waals surface area contributed by atoms with Gasteiger partial charge < -0.3 is 0 Å². The maximum Gasteiger partial charge on any atom is 0.270 e. The highest BCUT2D eigenvalue weighted by molar-refractivity contribution is 9.10. The van der Waals surface area contributed by atoms with E-state index in [0.29, 0.717) is 16.2 Å². The highest BCUT2D eigenvalue weighted by Crippen LogP contribution is 2.26. The van der Waals surface area contributed by atoms with Crippen molar-refractivity contribution in [3.8, 4) is 11.4 Å². The molecule has 0 spiro atoms. The molecule has 0 saturated carbocycles. The summed E-state index contributed by atoms with van der Waals surface area (Å²) in [6, 6.07) is 13.7. The first-order chi connectivity index (χ1) is 11.6. The lowest BCUT2D eigenvalue weighted by Crippen LogP contribution is -1.96. The maximum absolute atomic E-state index is 10.8. The number of nitro benzene ring substituents is 1. The summed E-state index contributed by atoms with van der Waals surface area (Å²) >= 11 is 8.68. The molecule has 0 saturated heterocycles. The Labute approximate surface area is 149 Å². The summed E-state index contributed by atoms with van der Waals surface area (Å²) in [6.45, 7) is 0. The van der Waals surface area contributed by atoms with E-state index in [-0.39, 0.29) is 5.69 Å². The smallest absolute Gasteiger partial charge is 0.258 e. The summed E-state index contributed by atoms with van der Waals surface area (Å²) in [4.78, 5) is 10.4. The molecule has 7 nitrogen and oxygen atoms in total. The molecule has 0 aliphatic heterocycles. The molecule has 1 aromatic heterocycles. The molecule has 0 aliphatic carbocycles. The maximum atomic E-state index is 10.8. The second-order valence-electron chi connectivity index (χ2n) is 4.74. The zero-order valence-electron chi connectivity index (χ0n) is 12.1. The lowest BCUT2D eigenvalue weighted by atomic mass is 10.2. The molecule has 0 radical (unpaired) electrons. The number of halogens is 1. The Morgan fingerprint density at radius 2 is 2.08 bits per heavy atom. The van der Waals surface area contributed by atoms with Crippen LogP contribution in [0.4, 0.5) is 5.69 Å². The van der Waals surface area contributed by atoms with Crippen LogP contribution in [0.1, 0.15) is 5.56 Å². The third-order valence-corrected chi connectivity index (χ3v) is 4.12. The van der Waals surface area contributed by atoms with Gasteiger partial charge in [0.2, 0.25) is 4.77 Å². The van der Waals surface area contributed by atoms with Crippen LogP contribution in [0.2, 0.25) is 0 Å². The normalized spacial score (nSPS) is 11.0. The number of aromatic amines is 1. The van der Waals surface area contributed by atoms with E-state index in [1.54, 1.807) is 12.1 Å². The fraction of sp³-hybridized carbons (Fsp3) is 0. The van der Waals surface area contributed by atoms with E-state index in [9.17, 15) is 10.1 Å². The number of H-pyrrole nitrogens is 1. The zero-order chi connectivity index (χ0) is 17.1. The topological polar surface area (TPSA) is 89.1 Å². The molecule has 0 bridgehead atoms. The molecule has 9 heteroatoms. The highest BCUT2D eigenvalue weighted by atomic mass is 79.9. The van der Waals surface area contributed by atoms with Crippen molar-refractivity contribution in [1.29, 1.82) is 0 Å². The average Bonchev–Trinajstić information content (AvgIpc) is 2.94. The highest BCUT2D eigenvalue weighted by Gasteiger charge is 2.11. The van der Waals surface area contributed by atoms with E-state index >= 15 is 0 Å². The van der Waals surface area contributed by atoms with Gasteiger partial charge in [0.25, 0.3) is 5.69 Å². The number of aromatic nitrogens is 3. The molecule has 24 heavy (non-hydrogen) atoms. The monoisotopic (exact) mass is 403 g/mol. The van der Waals surface area contributed by atoms with Crippen LogP contribution in [-0.2, 0) is 0 Å². The molecule has 0 unspecified atom stereocenters. The van der Waals surface area contributed by atoms with Gasteiger partial charge in [-0.05, 0) is 24.4 Å². The van der Waals surface area contributed by atoms with Gasteiger partial charge in [-0.2, -0.15) is 14.9 Å². The number of hydrogen-bond donors (Lipinski definition) is 1. The molecule has 1 heterocycles. The summed E-state index contributed by atoms with van der Waals surface area (Å²) < 4.78 is 2.64. The molecule has 0 fully saturated rings. The number of nitro groups is 1. The summed E-state index contributed by atoms with van der Waals surface area (Å²) in [5.41, 5.74) is 1.41. The quantitative estimate of drug-likeness (QED) is 0.306. The fourth-order valence-corrected chi connectivity index (χ4v) is 2.70. The summed E-state index contributed by atoms with van der Waals surface area (Å²) in [5.74, 6) is 0.536. The minimum Gasteiger partial charge on any atom is -0.258 e. The van der Waals surface area contributed by atoms with Gasteiger partial charge in [0.1, 0.15) is 0 Å².